The zero-order chi connectivity index (χ0) is 16.9. The van der Waals surface area contributed by atoms with Crippen molar-refractivity contribution in [1.82, 2.24) is 0 Å². The molecule has 0 fully saturated rings. The topological polar surface area (TPSA) is 56.5 Å². The second-order valence-electron chi connectivity index (χ2n) is 5.33. The van der Waals surface area contributed by atoms with E-state index in [1.165, 1.54) is 13.0 Å². The van der Waals surface area contributed by atoms with Crippen LogP contribution in [0, 0.1) is 0 Å². The Morgan fingerprint density at radius 3 is 2.25 bits per heavy atom. The molecule has 0 amide bonds. The van der Waals surface area contributed by atoms with E-state index in [4.69, 9.17) is 9.15 Å². The SMILES string of the molecule is CC(=O)c1oc(-c2ccccc2)cc(=O)c1OCc1ccccc1. The zero-order valence-electron chi connectivity index (χ0n) is 13.2. The van der Waals surface area contributed by atoms with E-state index in [-0.39, 0.29) is 29.3 Å². The van der Waals surface area contributed by atoms with Gasteiger partial charge < -0.3 is 9.15 Å². The van der Waals surface area contributed by atoms with Gasteiger partial charge in [0.25, 0.3) is 0 Å². The van der Waals surface area contributed by atoms with Gasteiger partial charge in [0.15, 0.2) is 5.78 Å². The Hall–Kier alpha value is -3.14. The van der Waals surface area contributed by atoms with Crippen molar-refractivity contribution in [3.63, 3.8) is 0 Å². The van der Waals surface area contributed by atoms with Gasteiger partial charge in [-0.05, 0) is 5.56 Å². The molecule has 0 aliphatic rings. The van der Waals surface area contributed by atoms with Gasteiger partial charge in [-0.3, -0.25) is 9.59 Å². The summed E-state index contributed by atoms with van der Waals surface area (Å²) in [5.41, 5.74) is 1.26. The van der Waals surface area contributed by atoms with E-state index in [1.807, 2.05) is 60.7 Å². The van der Waals surface area contributed by atoms with Crippen LogP contribution in [-0.2, 0) is 6.61 Å². The molecule has 4 heteroatoms. The molecule has 0 saturated heterocycles. The van der Waals surface area contributed by atoms with E-state index in [0.29, 0.717) is 5.76 Å². The summed E-state index contributed by atoms with van der Waals surface area (Å²) in [5.74, 6) is -0.117. The van der Waals surface area contributed by atoms with E-state index >= 15 is 0 Å². The van der Waals surface area contributed by atoms with E-state index in [0.717, 1.165) is 11.1 Å². The third-order valence-corrected chi connectivity index (χ3v) is 3.51. The number of ketones is 1. The minimum atomic E-state index is -0.374. The molecule has 0 unspecified atom stereocenters. The predicted molar refractivity (Wildman–Crippen MR) is 91.2 cm³/mol. The maximum Gasteiger partial charge on any atom is 0.228 e. The smallest absolute Gasteiger partial charge is 0.228 e. The summed E-state index contributed by atoms with van der Waals surface area (Å²) in [4.78, 5) is 24.3. The van der Waals surface area contributed by atoms with Crippen LogP contribution in [0.3, 0.4) is 0 Å². The standard InChI is InChI=1S/C20H16O4/c1-14(21)19-20(23-13-15-8-4-2-5-9-15)17(22)12-18(24-19)16-10-6-3-7-11-16/h2-12H,13H2,1H3. The minimum Gasteiger partial charge on any atom is -0.481 e. The molecule has 0 bridgehead atoms. The lowest BCUT2D eigenvalue weighted by molar-refractivity contribution is 0.0978. The van der Waals surface area contributed by atoms with Crippen LogP contribution < -0.4 is 10.2 Å². The van der Waals surface area contributed by atoms with Crippen LogP contribution in [0.1, 0.15) is 23.0 Å². The predicted octanol–water partition coefficient (Wildman–Crippen LogP) is 4.09. The quantitative estimate of drug-likeness (QED) is 0.664. The fourth-order valence-corrected chi connectivity index (χ4v) is 2.33. The van der Waals surface area contributed by atoms with Crippen molar-refractivity contribution in [3.8, 4) is 17.1 Å². The highest BCUT2D eigenvalue weighted by Gasteiger charge is 2.18. The molecule has 1 aromatic heterocycles. The second kappa shape index (κ2) is 6.96. The van der Waals surface area contributed by atoms with Crippen molar-refractivity contribution in [2.75, 3.05) is 0 Å². The summed E-state index contributed by atoms with van der Waals surface area (Å²) in [5, 5.41) is 0. The Morgan fingerprint density at radius 2 is 1.62 bits per heavy atom. The molecule has 1 heterocycles. The first-order valence-electron chi connectivity index (χ1n) is 7.56. The molecule has 0 aliphatic heterocycles. The Morgan fingerprint density at radius 1 is 1.00 bits per heavy atom. The summed E-state index contributed by atoms with van der Waals surface area (Å²) in [7, 11) is 0. The number of hydrogen-bond acceptors (Lipinski definition) is 4. The number of benzene rings is 2. The van der Waals surface area contributed by atoms with Gasteiger partial charge in [0.05, 0.1) is 0 Å². The van der Waals surface area contributed by atoms with Gasteiger partial charge in [0.2, 0.25) is 16.9 Å². The molecule has 0 spiro atoms. The molecule has 0 N–H and O–H groups in total. The van der Waals surface area contributed by atoms with Crippen molar-refractivity contribution in [2.45, 2.75) is 13.5 Å². The van der Waals surface area contributed by atoms with Crippen molar-refractivity contribution in [1.29, 1.82) is 0 Å². The number of carbonyl (C=O) groups excluding carboxylic acids is 1. The highest BCUT2D eigenvalue weighted by atomic mass is 16.5. The third kappa shape index (κ3) is 3.43. The van der Waals surface area contributed by atoms with Crippen LogP contribution in [0.5, 0.6) is 5.75 Å². The minimum absolute atomic E-state index is 0.0500. The summed E-state index contributed by atoms with van der Waals surface area (Å²) >= 11 is 0. The first-order valence-corrected chi connectivity index (χ1v) is 7.56. The van der Waals surface area contributed by atoms with Crippen molar-refractivity contribution < 1.29 is 13.9 Å². The molecular formula is C20H16O4. The molecule has 0 radical (unpaired) electrons. The maximum atomic E-state index is 12.4. The Balaban J connectivity index is 1.97. The average Bonchev–Trinajstić information content (AvgIpc) is 2.61. The number of ether oxygens (including phenoxy) is 1. The number of carbonyl (C=O) groups is 1. The molecule has 3 rings (SSSR count). The normalized spacial score (nSPS) is 10.4. The number of Topliss-reactive ketones (excluding diaryl/α,β-unsaturated/α-hetero) is 1. The second-order valence-corrected chi connectivity index (χ2v) is 5.33. The van der Waals surface area contributed by atoms with Crippen LogP contribution in [0.2, 0.25) is 0 Å². The van der Waals surface area contributed by atoms with Crippen LogP contribution in [0.15, 0.2) is 75.9 Å². The number of rotatable bonds is 5. The van der Waals surface area contributed by atoms with E-state index in [9.17, 15) is 9.59 Å². The summed E-state index contributed by atoms with van der Waals surface area (Å²) in [6.07, 6.45) is 0. The molecule has 0 saturated carbocycles. The molecule has 2 aromatic carbocycles. The largest absolute Gasteiger partial charge is 0.481 e. The lowest BCUT2D eigenvalue weighted by Gasteiger charge is -2.10. The average molecular weight is 320 g/mol. The highest BCUT2D eigenvalue weighted by molar-refractivity contribution is 5.94. The van der Waals surface area contributed by atoms with Crippen molar-refractivity contribution >= 4 is 5.78 Å². The van der Waals surface area contributed by atoms with Gasteiger partial charge >= 0.3 is 0 Å². The lowest BCUT2D eigenvalue weighted by Crippen LogP contribution is -2.12. The van der Waals surface area contributed by atoms with Crippen LogP contribution in [-0.4, -0.2) is 5.78 Å². The molecule has 24 heavy (non-hydrogen) atoms. The van der Waals surface area contributed by atoms with E-state index in [1.54, 1.807) is 0 Å². The van der Waals surface area contributed by atoms with E-state index in [2.05, 4.69) is 0 Å². The molecule has 0 atom stereocenters. The van der Waals surface area contributed by atoms with Crippen LogP contribution in [0.4, 0.5) is 0 Å². The fraction of sp³-hybridized carbons (Fsp3) is 0.100. The van der Waals surface area contributed by atoms with Gasteiger partial charge in [-0.15, -0.1) is 0 Å². The maximum absolute atomic E-state index is 12.4. The summed E-state index contributed by atoms with van der Waals surface area (Å²) in [6.45, 7) is 1.54. The first-order chi connectivity index (χ1) is 11.6. The molecule has 0 aliphatic carbocycles. The zero-order valence-corrected chi connectivity index (χ0v) is 13.2. The van der Waals surface area contributed by atoms with E-state index < -0.39 is 0 Å². The highest BCUT2D eigenvalue weighted by Crippen LogP contribution is 2.24. The molecule has 120 valence electrons. The van der Waals surface area contributed by atoms with Crippen molar-refractivity contribution in [3.05, 3.63) is 88.3 Å². The summed E-state index contributed by atoms with van der Waals surface area (Å²) in [6, 6.07) is 19.9. The first kappa shape index (κ1) is 15.7. The number of hydrogen-bond donors (Lipinski definition) is 0. The van der Waals surface area contributed by atoms with Gasteiger partial charge in [-0.1, -0.05) is 60.7 Å². The Labute approximate surface area is 139 Å². The van der Waals surface area contributed by atoms with Crippen LogP contribution in [0.25, 0.3) is 11.3 Å². The van der Waals surface area contributed by atoms with Gasteiger partial charge in [0.1, 0.15) is 12.4 Å². The third-order valence-electron chi connectivity index (χ3n) is 3.51. The molecule has 3 aromatic rings. The van der Waals surface area contributed by atoms with Gasteiger partial charge in [-0.2, -0.15) is 0 Å². The Bertz CT molecular complexity index is 896. The Kier molecular flexibility index (Phi) is 4.57. The lowest BCUT2D eigenvalue weighted by atomic mass is 10.1. The monoisotopic (exact) mass is 320 g/mol. The molecular weight excluding hydrogens is 304 g/mol. The molecule has 4 nitrogen and oxygen atoms in total. The summed E-state index contributed by atoms with van der Waals surface area (Å²) < 4.78 is 11.2. The van der Waals surface area contributed by atoms with Gasteiger partial charge in [0, 0.05) is 18.6 Å². The van der Waals surface area contributed by atoms with Crippen molar-refractivity contribution in [2.24, 2.45) is 0 Å². The van der Waals surface area contributed by atoms with Gasteiger partial charge in [-0.25, -0.2) is 0 Å². The fourth-order valence-electron chi connectivity index (χ4n) is 2.33. The van der Waals surface area contributed by atoms with Crippen LogP contribution >= 0.6 is 0 Å².